The SMILES string of the molecule is C#Cc1ccc(C(C(=O)NCC(=O)OC)N(C(=O)C(NC(=O)OC(C)(C)C)C(C)C)C(C)(C)CC)cc1. The van der Waals surface area contributed by atoms with E-state index in [0.717, 1.165) is 0 Å². The Morgan fingerprint density at radius 2 is 1.62 bits per heavy atom. The van der Waals surface area contributed by atoms with Gasteiger partial charge in [0.05, 0.1) is 7.11 Å². The Morgan fingerprint density at radius 1 is 1.05 bits per heavy atom. The topological polar surface area (TPSA) is 114 Å². The highest BCUT2D eigenvalue weighted by molar-refractivity contribution is 5.93. The summed E-state index contributed by atoms with van der Waals surface area (Å²) >= 11 is 0. The number of terminal acetylenes is 1. The van der Waals surface area contributed by atoms with Gasteiger partial charge in [0, 0.05) is 11.1 Å². The van der Waals surface area contributed by atoms with Crippen molar-refractivity contribution in [1.29, 1.82) is 0 Å². The number of esters is 1. The third-order valence-corrected chi connectivity index (χ3v) is 5.89. The maximum atomic E-state index is 14.2. The fraction of sp³-hybridized carbons (Fsp3) is 0.571. The minimum absolute atomic E-state index is 0.322. The number of hydrogen-bond acceptors (Lipinski definition) is 6. The Kier molecular flexibility index (Phi) is 11.2. The van der Waals surface area contributed by atoms with Crippen LogP contribution in [0.4, 0.5) is 4.79 Å². The third kappa shape index (κ3) is 9.12. The van der Waals surface area contributed by atoms with Gasteiger partial charge in [0.15, 0.2) is 0 Å². The number of rotatable bonds is 10. The minimum atomic E-state index is -1.12. The van der Waals surface area contributed by atoms with Crippen molar-refractivity contribution in [3.8, 4) is 12.3 Å². The largest absolute Gasteiger partial charge is 0.468 e. The lowest BCUT2D eigenvalue weighted by atomic mass is 9.90. The summed E-state index contributed by atoms with van der Waals surface area (Å²) in [6, 6.07) is 4.60. The van der Waals surface area contributed by atoms with E-state index in [1.54, 1.807) is 58.9 Å². The molecule has 9 heteroatoms. The number of nitrogens with zero attached hydrogens (tertiary/aromatic N) is 1. The van der Waals surface area contributed by atoms with Crippen molar-refractivity contribution < 1.29 is 28.7 Å². The lowest BCUT2D eigenvalue weighted by Crippen LogP contribution is -2.60. The Labute approximate surface area is 220 Å². The van der Waals surface area contributed by atoms with Crippen LogP contribution in [-0.4, -0.2) is 59.6 Å². The molecule has 0 heterocycles. The molecular weight excluding hydrogens is 474 g/mol. The highest BCUT2D eigenvalue weighted by Crippen LogP contribution is 2.33. The molecule has 2 atom stereocenters. The number of amides is 3. The Bertz CT molecular complexity index is 1000. The molecule has 0 fully saturated rings. The standard InChI is InChI=1S/C28H41N3O6/c1-11-19-13-15-20(16-14-19)23(24(33)29-17-21(32)36-10)31(28(8,9)12-2)25(34)22(18(3)4)30-26(35)37-27(5,6)7/h1,13-16,18,22-23H,12,17H2,2-10H3,(H,29,33)(H,30,35). The number of nitrogens with one attached hydrogen (secondary N) is 2. The molecule has 0 bridgehead atoms. The predicted molar refractivity (Wildman–Crippen MR) is 141 cm³/mol. The van der Waals surface area contributed by atoms with Crippen LogP contribution >= 0.6 is 0 Å². The smallest absolute Gasteiger partial charge is 0.408 e. The molecule has 1 aromatic carbocycles. The highest BCUT2D eigenvalue weighted by Gasteiger charge is 2.43. The summed E-state index contributed by atoms with van der Waals surface area (Å²) in [7, 11) is 1.22. The summed E-state index contributed by atoms with van der Waals surface area (Å²) in [4.78, 5) is 53.6. The van der Waals surface area contributed by atoms with Gasteiger partial charge in [-0.3, -0.25) is 14.4 Å². The summed E-state index contributed by atoms with van der Waals surface area (Å²) < 4.78 is 10.0. The Balaban J connectivity index is 3.63. The molecule has 0 spiro atoms. The van der Waals surface area contributed by atoms with Gasteiger partial charge in [-0.15, -0.1) is 6.42 Å². The second-order valence-corrected chi connectivity index (χ2v) is 10.7. The molecule has 9 nitrogen and oxygen atoms in total. The van der Waals surface area contributed by atoms with E-state index in [1.165, 1.54) is 12.0 Å². The second-order valence-electron chi connectivity index (χ2n) is 10.7. The molecule has 1 aromatic rings. The van der Waals surface area contributed by atoms with Crippen LogP contribution in [-0.2, 0) is 23.9 Å². The van der Waals surface area contributed by atoms with E-state index in [0.29, 0.717) is 17.5 Å². The minimum Gasteiger partial charge on any atom is -0.468 e. The van der Waals surface area contributed by atoms with Crippen molar-refractivity contribution in [2.45, 2.75) is 85.0 Å². The van der Waals surface area contributed by atoms with E-state index in [4.69, 9.17) is 11.2 Å². The molecule has 0 aliphatic rings. The molecule has 0 saturated carbocycles. The van der Waals surface area contributed by atoms with Crippen LogP contribution in [0, 0.1) is 18.3 Å². The molecule has 3 amide bonds. The predicted octanol–water partition coefficient (Wildman–Crippen LogP) is 3.56. The van der Waals surface area contributed by atoms with Crippen molar-refractivity contribution in [2.75, 3.05) is 13.7 Å². The van der Waals surface area contributed by atoms with Crippen LogP contribution in [0.1, 0.15) is 79.0 Å². The Hall–Kier alpha value is -3.54. The van der Waals surface area contributed by atoms with Gasteiger partial charge >= 0.3 is 12.1 Å². The zero-order valence-electron chi connectivity index (χ0n) is 23.4. The van der Waals surface area contributed by atoms with Crippen LogP contribution < -0.4 is 10.6 Å². The second kappa shape index (κ2) is 13.1. The summed E-state index contributed by atoms with van der Waals surface area (Å²) in [6.07, 6.45) is 5.26. The molecule has 0 aliphatic heterocycles. The van der Waals surface area contributed by atoms with Crippen LogP contribution in [0.2, 0.25) is 0 Å². The van der Waals surface area contributed by atoms with Gasteiger partial charge in [0.25, 0.3) is 0 Å². The fourth-order valence-electron chi connectivity index (χ4n) is 3.55. The lowest BCUT2D eigenvalue weighted by molar-refractivity contribution is -0.151. The number of alkyl carbamates (subject to hydrolysis) is 1. The van der Waals surface area contributed by atoms with Gasteiger partial charge in [-0.25, -0.2) is 4.79 Å². The van der Waals surface area contributed by atoms with Crippen molar-refractivity contribution in [1.82, 2.24) is 15.5 Å². The average Bonchev–Trinajstić information content (AvgIpc) is 2.82. The molecule has 0 aliphatic carbocycles. The zero-order valence-corrected chi connectivity index (χ0v) is 23.4. The van der Waals surface area contributed by atoms with E-state index in [9.17, 15) is 19.2 Å². The monoisotopic (exact) mass is 515 g/mol. The molecule has 2 unspecified atom stereocenters. The first kappa shape index (κ1) is 31.5. The fourth-order valence-corrected chi connectivity index (χ4v) is 3.55. The number of carbonyl (C=O) groups excluding carboxylic acids is 4. The van der Waals surface area contributed by atoms with Gasteiger partial charge in [-0.2, -0.15) is 0 Å². The molecular formula is C28H41N3O6. The van der Waals surface area contributed by atoms with Crippen molar-refractivity contribution in [2.24, 2.45) is 5.92 Å². The number of carbonyl (C=O) groups is 4. The van der Waals surface area contributed by atoms with Crippen LogP contribution in [0.15, 0.2) is 24.3 Å². The van der Waals surface area contributed by atoms with Gasteiger partial charge in [-0.1, -0.05) is 38.8 Å². The lowest BCUT2D eigenvalue weighted by Gasteiger charge is -2.45. The van der Waals surface area contributed by atoms with Gasteiger partial charge in [0.2, 0.25) is 11.8 Å². The van der Waals surface area contributed by atoms with Crippen LogP contribution in [0.5, 0.6) is 0 Å². The molecule has 37 heavy (non-hydrogen) atoms. The van der Waals surface area contributed by atoms with Crippen molar-refractivity contribution in [3.05, 3.63) is 35.4 Å². The first-order valence-corrected chi connectivity index (χ1v) is 12.3. The number of hydrogen-bond donors (Lipinski definition) is 2. The van der Waals surface area contributed by atoms with E-state index in [1.807, 2.05) is 20.8 Å². The van der Waals surface area contributed by atoms with E-state index >= 15 is 0 Å². The summed E-state index contributed by atoms with van der Waals surface area (Å²) in [5.74, 6) is 0.540. The first-order valence-electron chi connectivity index (χ1n) is 12.3. The number of methoxy groups -OCH3 is 1. The molecule has 0 saturated heterocycles. The van der Waals surface area contributed by atoms with Crippen LogP contribution in [0.3, 0.4) is 0 Å². The highest BCUT2D eigenvalue weighted by atomic mass is 16.6. The summed E-state index contributed by atoms with van der Waals surface area (Å²) in [5.41, 5.74) is -0.475. The van der Waals surface area contributed by atoms with E-state index in [2.05, 4.69) is 21.3 Å². The summed E-state index contributed by atoms with van der Waals surface area (Å²) in [6.45, 7) is 14.0. The molecule has 2 N–H and O–H groups in total. The molecule has 0 aromatic heterocycles. The number of ether oxygens (including phenoxy) is 2. The molecule has 204 valence electrons. The van der Waals surface area contributed by atoms with Crippen LogP contribution in [0.25, 0.3) is 0 Å². The Morgan fingerprint density at radius 3 is 2.05 bits per heavy atom. The van der Waals surface area contributed by atoms with E-state index < -0.39 is 47.1 Å². The normalized spacial score (nSPS) is 13.1. The van der Waals surface area contributed by atoms with Gasteiger partial charge < -0.3 is 25.0 Å². The average molecular weight is 516 g/mol. The molecule has 1 rings (SSSR count). The first-order chi connectivity index (χ1) is 17.1. The number of benzene rings is 1. The molecule has 0 radical (unpaired) electrons. The van der Waals surface area contributed by atoms with E-state index in [-0.39, 0.29) is 12.5 Å². The maximum Gasteiger partial charge on any atom is 0.408 e. The van der Waals surface area contributed by atoms with Gasteiger partial charge in [0.1, 0.15) is 24.2 Å². The van der Waals surface area contributed by atoms with Crippen molar-refractivity contribution in [3.63, 3.8) is 0 Å². The summed E-state index contributed by atoms with van der Waals surface area (Å²) in [5, 5.41) is 5.26. The van der Waals surface area contributed by atoms with Gasteiger partial charge in [-0.05, 0) is 64.7 Å². The quantitative estimate of drug-likeness (QED) is 0.364. The zero-order chi connectivity index (χ0) is 28.6. The van der Waals surface area contributed by atoms with Crippen molar-refractivity contribution >= 4 is 23.9 Å². The maximum absolute atomic E-state index is 14.2. The third-order valence-electron chi connectivity index (χ3n) is 5.89.